The van der Waals surface area contributed by atoms with Crippen LogP contribution in [0.1, 0.15) is 53.4 Å². The van der Waals surface area contributed by atoms with Crippen molar-refractivity contribution in [2.45, 2.75) is 53.4 Å². The predicted octanol–water partition coefficient (Wildman–Crippen LogP) is 0.000800. The maximum absolute atomic E-state index is 12.3. The molecule has 0 aliphatic carbocycles. The van der Waals surface area contributed by atoms with Gasteiger partial charge in [-0.25, -0.2) is 0 Å². The first kappa shape index (κ1) is 21.4. The average Bonchev–Trinajstić information content (AvgIpc) is 2.47. The number of aliphatic carboxylic acids is 1. The van der Waals surface area contributed by atoms with E-state index >= 15 is 0 Å². The lowest BCUT2D eigenvalue weighted by Gasteiger charge is -2.34. The minimum absolute atomic E-state index is 0.0652. The van der Waals surface area contributed by atoms with Crippen LogP contribution < -0.4 is 10.4 Å². The molecule has 0 heterocycles. The number of hydrogen-bond donors (Lipinski definition) is 2. The predicted molar refractivity (Wildman–Crippen MR) is 82.1 cm³/mol. The molecular formula is C16H28NO6-. The van der Waals surface area contributed by atoms with Crippen LogP contribution in [0.25, 0.3) is 0 Å². The monoisotopic (exact) mass is 330 g/mol. The molecule has 23 heavy (non-hydrogen) atoms. The Hall–Kier alpha value is -1.63. The molecule has 1 amide bonds. The molecule has 1 atom stereocenters. The van der Waals surface area contributed by atoms with Crippen molar-refractivity contribution >= 4 is 17.8 Å². The second-order valence-electron chi connectivity index (χ2n) is 6.57. The molecule has 2 N–H and O–H groups in total. The lowest BCUT2D eigenvalue weighted by Crippen LogP contribution is -2.43. The van der Waals surface area contributed by atoms with Crippen LogP contribution in [-0.2, 0) is 19.1 Å². The van der Waals surface area contributed by atoms with Crippen LogP contribution in [0.2, 0.25) is 0 Å². The van der Waals surface area contributed by atoms with E-state index in [1.807, 2.05) is 6.92 Å². The quantitative estimate of drug-likeness (QED) is 0.407. The highest BCUT2D eigenvalue weighted by Gasteiger charge is 2.41. The van der Waals surface area contributed by atoms with Gasteiger partial charge >= 0.3 is 5.97 Å². The number of carboxylic acid groups (broad SMARTS) is 1. The van der Waals surface area contributed by atoms with E-state index in [1.165, 1.54) is 0 Å². The van der Waals surface area contributed by atoms with Crippen molar-refractivity contribution in [1.29, 1.82) is 0 Å². The standard InChI is InChI=1S/C16H29NO6/c1-5-16(4,14(22)23-10-9-18)11-15(2,3)13(21)17-8-6-7-12(19)20/h18H,5-11H2,1-4H3,(H,17,21)(H,19,20)/p-1. The van der Waals surface area contributed by atoms with Gasteiger partial charge in [-0.05, 0) is 32.6 Å². The lowest BCUT2D eigenvalue weighted by molar-refractivity contribution is -0.305. The number of amides is 1. The Labute approximate surface area is 137 Å². The molecule has 0 radical (unpaired) electrons. The third kappa shape index (κ3) is 7.45. The highest BCUT2D eigenvalue weighted by molar-refractivity contribution is 5.84. The summed E-state index contributed by atoms with van der Waals surface area (Å²) in [4.78, 5) is 34.8. The SMILES string of the molecule is CCC(C)(CC(C)(C)C(=O)NCCCC(=O)[O-])C(=O)OCCO. The average molecular weight is 330 g/mol. The normalized spacial score (nSPS) is 14.0. The number of hydrogen-bond acceptors (Lipinski definition) is 6. The van der Waals surface area contributed by atoms with E-state index < -0.39 is 22.8 Å². The summed E-state index contributed by atoms with van der Waals surface area (Å²) in [6.45, 7) is 6.97. The summed E-state index contributed by atoms with van der Waals surface area (Å²) >= 11 is 0. The smallest absolute Gasteiger partial charge is 0.311 e. The Bertz CT molecular complexity index is 421. The van der Waals surface area contributed by atoms with Gasteiger partial charge in [0.05, 0.1) is 12.0 Å². The van der Waals surface area contributed by atoms with Gasteiger partial charge in [-0.2, -0.15) is 0 Å². The molecule has 1 unspecified atom stereocenters. The van der Waals surface area contributed by atoms with Crippen molar-refractivity contribution in [3.63, 3.8) is 0 Å². The molecule has 0 saturated carbocycles. The molecule has 0 aromatic rings. The molecule has 0 aliphatic heterocycles. The Morgan fingerprint density at radius 2 is 1.83 bits per heavy atom. The van der Waals surface area contributed by atoms with E-state index in [1.54, 1.807) is 20.8 Å². The van der Waals surface area contributed by atoms with Crippen molar-refractivity contribution in [2.24, 2.45) is 10.8 Å². The third-order valence-electron chi connectivity index (χ3n) is 3.89. The maximum Gasteiger partial charge on any atom is 0.311 e. The summed E-state index contributed by atoms with van der Waals surface area (Å²) < 4.78 is 5.00. The second kappa shape index (κ2) is 9.50. The number of carbonyl (C=O) groups is 3. The van der Waals surface area contributed by atoms with Crippen LogP contribution in [0.5, 0.6) is 0 Å². The van der Waals surface area contributed by atoms with Crippen molar-refractivity contribution in [1.82, 2.24) is 5.32 Å². The Balaban J connectivity index is 4.67. The third-order valence-corrected chi connectivity index (χ3v) is 3.89. The zero-order valence-corrected chi connectivity index (χ0v) is 14.4. The largest absolute Gasteiger partial charge is 0.550 e. The van der Waals surface area contributed by atoms with Gasteiger partial charge in [0, 0.05) is 17.9 Å². The molecule has 7 heteroatoms. The van der Waals surface area contributed by atoms with E-state index in [4.69, 9.17) is 9.84 Å². The number of aliphatic hydroxyl groups is 1. The van der Waals surface area contributed by atoms with Crippen LogP contribution in [0.15, 0.2) is 0 Å². The highest BCUT2D eigenvalue weighted by Crippen LogP contribution is 2.37. The molecule has 7 nitrogen and oxygen atoms in total. The lowest BCUT2D eigenvalue weighted by atomic mass is 9.72. The van der Waals surface area contributed by atoms with Gasteiger partial charge in [0.2, 0.25) is 5.91 Å². The summed E-state index contributed by atoms with van der Waals surface area (Å²) in [6.07, 6.45) is 0.973. The summed E-state index contributed by atoms with van der Waals surface area (Å²) in [6, 6.07) is 0. The first-order valence-corrected chi connectivity index (χ1v) is 7.85. The van der Waals surface area contributed by atoms with Gasteiger partial charge < -0.3 is 25.1 Å². The fourth-order valence-corrected chi connectivity index (χ4v) is 2.38. The van der Waals surface area contributed by atoms with Gasteiger partial charge in [0.25, 0.3) is 0 Å². The number of carbonyl (C=O) groups excluding carboxylic acids is 3. The minimum atomic E-state index is -1.15. The van der Waals surface area contributed by atoms with Crippen molar-refractivity contribution in [3.8, 4) is 0 Å². The van der Waals surface area contributed by atoms with Gasteiger partial charge in [-0.1, -0.05) is 20.8 Å². The van der Waals surface area contributed by atoms with Crippen LogP contribution in [-0.4, -0.2) is 42.7 Å². The van der Waals surface area contributed by atoms with Crippen LogP contribution in [0.3, 0.4) is 0 Å². The summed E-state index contributed by atoms with van der Waals surface area (Å²) in [5.41, 5.74) is -1.65. The zero-order chi connectivity index (χ0) is 18.1. The zero-order valence-electron chi connectivity index (χ0n) is 14.4. The molecule has 0 fully saturated rings. The molecule has 0 aliphatic rings. The van der Waals surface area contributed by atoms with Crippen LogP contribution >= 0.6 is 0 Å². The van der Waals surface area contributed by atoms with Crippen LogP contribution in [0.4, 0.5) is 0 Å². The fourth-order valence-electron chi connectivity index (χ4n) is 2.38. The first-order chi connectivity index (χ1) is 10.6. The summed E-state index contributed by atoms with van der Waals surface area (Å²) in [7, 11) is 0. The highest BCUT2D eigenvalue weighted by atomic mass is 16.5. The van der Waals surface area contributed by atoms with E-state index in [2.05, 4.69) is 5.32 Å². The van der Waals surface area contributed by atoms with Crippen molar-refractivity contribution in [3.05, 3.63) is 0 Å². The van der Waals surface area contributed by atoms with Gasteiger partial charge in [-0.3, -0.25) is 9.59 Å². The molecule has 0 aromatic carbocycles. The molecule has 0 rings (SSSR count). The van der Waals surface area contributed by atoms with Crippen molar-refractivity contribution < 1.29 is 29.3 Å². The number of ether oxygens (including phenoxy) is 1. The van der Waals surface area contributed by atoms with Gasteiger partial charge in [0.1, 0.15) is 6.61 Å². The van der Waals surface area contributed by atoms with E-state index in [-0.39, 0.29) is 38.5 Å². The topological polar surface area (TPSA) is 116 Å². The number of nitrogens with one attached hydrogen (secondary N) is 1. The number of aliphatic hydroxyl groups excluding tert-OH is 1. The summed E-state index contributed by atoms with van der Waals surface area (Å²) in [5, 5.41) is 21.8. The molecular weight excluding hydrogens is 302 g/mol. The minimum Gasteiger partial charge on any atom is -0.550 e. The Morgan fingerprint density at radius 3 is 2.30 bits per heavy atom. The van der Waals surface area contributed by atoms with Crippen molar-refractivity contribution in [2.75, 3.05) is 19.8 Å². The van der Waals surface area contributed by atoms with Gasteiger partial charge in [-0.15, -0.1) is 0 Å². The molecule has 0 aromatic heterocycles. The second-order valence-corrected chi connectivity index (χ2v) is 6.57. The number of rotatable bonds is 11. The fraction of sp³-hybridized carbons (Fsp3) is 0.812. The first-order valence-electron chi connectivity index (χ1n) is 7.85. The molecule has 134 valence electrons. The van der Waals surface area contributed by atoms with Gasteiger partial charge in [0.15, 0.2) is 0 Å². The Morgan fingerprint density at radius 1 is 1.22 bits per heavy atom. The Kier molecular flexibility index (Phi) is 8.82. The molecule has 0 saturated heterocycles. The van der Waals surface area contributed by atoms with E-state index in [0.717, 1.165) is 0 Å². The summed E-state index contributed by atoms with van der Waals surface area (Å²) in [5.74, 6) is -1.83. The van der Waals surface area contributed by atoms with E-state index in [0.29, 0.717) is 12.8 Å². The van der Waals surface area contributed by atoms with E-state index in [9.17, 15) is 19.5 Å². The number of esters is 1. The van der Waals surface area contributed by atoms with Crippen LogP contribution in [0, 0.1) is 10.8 Å². The number of carboxylic acids is 1. The molecule has 0 spiro atoms. The maximum atomic E-state index is 12.3. The molecule has 0 bridgehead atoms.